The third-order valence-electron chi connectivity index (χ3n) is 4.96. The van der Waals surface area contributed by atoms with Gasteiger partial charge in [0.05, 0.1) is 0 Å². The summed E-state index contributed by atoms with van der Waals surface area (Å²) in [5, 5.41) is 19.8. The van der Waals surface area contributed by atoms with Crippen LogP contribution >= 0.6 is 0 Å². The molecule has 3 rings (SSSR count). The molecule has 2 heterocycles. The summed E-state index contributed by atoms with van der Waals surface area (Å²) in [5.74, 6) is 0.719. The molecule has 0 bridgehead atoms. The zero-order valence-electron chi connectivity index (χ0n) is 17.0. The van der Waals surface area contributed by atoms with Crippen molar-refractivity contribution in [2.75, 3.05) is 10.6 Å². The van der Waals surface area contributed by atoms with Gasteiger partial charge in [0.2, 0.25) is 11.8 Å². The molecule has 0 radical (unpaired) electrons. The van der Waals surface area contributed by atoms with Crippen LogP contribution in [-0.2, 0) is 9.59 Å². The fraction of sp³-hybridized carbons (Fsp3) is 0.476. The van der Waals surface area contributed by atoms with Crippen molar-refractivity contribution in [2.45, 2.75) is 58.5 Å². The van der Waals surface area contributed by atoms with E-state index in [0.717, 1.165) is 30.0 Å². The molecule has 3 N–H and O–H groups in total. The number of hydrogen-bond acceptors (Lipinski definition) is 6. The molecule has 8 heteroatoms. The Kier molecular flexibility index (Phi) is 6.27. The van der Waals surface area contributed by atoms with E-state index in [1.165, 1.54) is 6.92 Å². The summed E-state index contributed by atoms with van der Waals surface area (Å²) in [4.78, 5) is 32.8. The SMILES string of the molecule is CC(=O)N[C@H]1CCC[C@H](C(=O)Nc2cc3c(NC(C)C)nc(C#N)cc3cn2)C1. The van der Waals surface area contributed by atoms with Crippen LogP contribution in [0.2, 0.25) is 0 Å². The summed E-state index contributed by atoms with van der Waals surface area (Å²) in [6, 6.07) is 5.70. The third-order valence-corrected chi connectivity index (χ3v) is 4.96. The van der Waals surface area contributed by atoms with Gasteiger partial charge >= 0.3 is 0 Å². The van der Waals surface area contributed by atoms with Crippen LogP contribution in [0.3, 0.4) is 0 Å². The molecule has 0 unspecified atom stereocenters. The Hall–Kier alpha value is -3.21. The number of pyridine rings is 2. The number of aromatic nitrogens is 2. The molecule has 1 saturated carbocycles. The first-order valence-corrected chi connectivity index (χ1v) is 9.91. The maximum Gasteiger partial charge on any atom is 0.228 e. The Morgan fingerprint density at radius 1 is 1.28 bits per heavy atom. The van der Waals surface area contributed by atoms with Gasteiger partial charge in [0.1, 0.15) is 23.4 Å². The van der Waals surface area contributed by atoms with Gasteiger partial charge in [-0.3, -0.25) is 9.59 Å². The lowest BCUT2D eigenvalue weighted by Crippen LogP contribution is -2.40. The van der Waals surface area contributed by atoms with Crippen molar-refractivity contribution in [3.05, 3.63) is 24.0 Å². The highest BCUT2D eigenvalue weighted by atomic mass is 16.2. The molecular formula is C21H26N6O2. The molecule has 0 aliphatic heterocycles. The van der Waals surface area contributed by atoms with Gasteiger partial charge in [0.25, 0.3) is 0 Å². The van der Waals surface area contributed by atoms with E-state index >= 15 is 0 Å². The zero-order valence-corrected chi connectivity index (χ0v) is 17.0. The van der Waals surface area contributed by atoms with Crippen LogP contribution in [0, 0.1) is 17.2 Å². The summed E-state index contributed by atoms with van der Waals surface area (Å²) < 4.78 is 0. The van der Waals surface area contributed by atoms with Crippen LogP contribution in [0.25, 0.3) is 10.8 Å². The molecule has 0 saturated heterocycles. The van der Waals surface area contributed by atoms with Crippen LogP contribution in [0.15, 0.2) is 18.3 Å². The van der Waals surface area contributed by atoms with E-state index in [9.17, 15) is 14.9 Å². The monoisotopic (exact) mass is 394 g/mol. The topological polar surface area (TPSA) is 120 Å². The lowest BCUT2D eigenvalue weighted by Gasteiger charge is -2.28. The standard InChI is InChI=1S/C21H26N6O2/c1-12(2)24-20-18-9-19(23-11-15(18)8-17(10-22)26-20)27-21(29)14-5-4-6-16(7-14)25-13(3)28/h8-9,11-12,14,16H,4-7H2,1-3H3,(H,24,26)(H,25,28)(H,23,27,29)/t14-,16-/m0/s1. The number of anilines is 2. The average molecular weight is 394 g/mol. The number of rotatable bonds is 5. The van der Waals surface area contributed by atoms with Gasteiger partial charge in [0.15, 0.2) is 0 Å². The average Bonchev–Trinajstić information content (AvgIpc) is 2.67. The Balaban J connectivity index is 1.80. The molecule has 0 aromatic carbocycles. The quantitative estimate of drug-likeness (QED) is 0.717. The van der Waals surface area contributed by atoms with E-state index in [-0.39, 0.29) is 29.8 Å². The van der Waals surface area contributed by atoms with Crippen LogP contribution in [0.4, 0.5) is 11.6 Å². The number of nitrogens with one attached hydrogen (secondary N) is 3. The second-order valence-electron chi connectivity index (χ2n) is 7.81. The predicted octanol–water partition coefficient (Wildman–Crippen LogP) is 2.96. The van der Waals surface area contributed by atoms with Crippen LogP contribution in [0.5, 0.6) is 0 Å². The first-order valence-electron chi connectivity index (χ1n) is 9.91. The van der Waals surface area contributed by atoms with Crippen molar-refractivity contribution in [2.24, 2.45) is 5.92 Å². The van der Waals surface area contributed by atoms with Crippen molar-refractivity contribution in [3.63, 3.8) is 0 Å². The maximum atomic E-state index is 12.8. The lowest BCUT2D eigenvalue weighted by molar-refractivity contribution is -0.123. The van der Waals surface area contributed by atoms with Crippen molar-refractivity contribution in [1.29, 1.82) is 5.26 Å². The van der Waals surface area contributed by atoms with Crippen LogP contribution < -0.4 is 16.0 Å². The number of fused-ring (bicyclic) bond motifs is 1. The minimum Gasteiger partial charge on any atom is -0.367 e. The number of nitriles is 1. The second-order valence-corrected chi connectivity index (χ2v) is 7.81. The summed E-state index contributed by atoms with van der Waals surface area (Å²) in [5.41, 5.74) is 0.311. The molecule has 1 aliphatic carbocycles. The summed E-state index contributed by atoms with van der Waals surface area (Å²) in [6.07, 6.45) is 4.86. The Morgan fingerprint density at radius 3 is 2.76 bits per heavy atom. The van der Waals surface area contributed by atoms with Gasteiger partial charge in [-0.15, -0.1) is 0 Å². The molecule has 8 nitrogen and oxygen atoms in total. The van der Waals surface area contributed by atoms with Gasteiger partial charge in [-0.1, -0.05) is 6.42 Å². The largest absolute Gasteiger partial charge is 0.367 e. The van der Waals surface area contributed by atoms with Gasteiger partial charge in [-0.25, -0.2) is 9.97 Å². The second kappa shape index (κ2) is 8.86. The van der Waals surface area contributed by atoms with E-state index < -0.39 is 0 Å². The fourth-order valence-electron chi connectivity index (χ4n) is 3.73. The Bertz CT molecular complexity index is 966. The van der Waals surface area contributed by atoms with Gasteiger partial charge < -0.3 is 16.0 Å². The minimum absolute atomic E-state index is 0.0389. The van der Waals surface area contributed by atoms with E-state index in [1.54, 1.807) is 18.3 Å². The normalized spacial score (nSPS) is 18.9. The maximum absolute atomic E-state index is 12.8. The Morgan fingerprint density at radius 2 is 2.07 bits per heavy atom. The van der Waals surface area contributed by atoms with E-state index in [2.05, 4.69) is 32.0 Å². The predicted molar refractivity (Wildman–Crippen MR) is 111 cm³/mol. The van der Waals surface area contributed by atoms with Crippen LogP contribution in [-0.4, -0.2) is 33.9 Å². The van der Waals surface area contributed by atoms with Crippen LogP contribution in [0.1, 0.15) is 52.1 Å². The highest BCUT2D eigenvalue weighted by molar-refractivity contribution is 5.97. The van der Waals surface area contributed by atoms with E-state index in [1.807, 2.05) is 13.8 Å². The molecule has 1 fully saturated rings. The fourth-order valence-corrected chi connectivity index (χ4v) is 3.73. The van der Waals surface area contributed by atoms with E-state index in [0.29, 0.717) is 23.8 Å². The molecule has 0 spiro atoms. The van der Waals surface area contributed by atoms with Crippen molar-refractivity contribution < 1.29 is 9.59 Å². The van der Waals surface area contributed by atoms with Crippen molar-refractivity contribution >= 4 is 34.2 Å². The minimum atomic E-state index is -0.162. The zero-order chi connectivity index (χ0) is 21.0. The number of hydrogen-bond donors (Lipinski definition) is 3. The van der Waals surface area contributed by atoms with E-state index in [4.69, 9.17) is 0 Å². The molecule has 2 aromatic rings. The van der Waals surface area contributed by atoms with Crippen molar-refractivity contribution in [1.82, 2.24) is 15.3 Å². The number of carbonyl (C=O) groups excluding carboxylic acids is 2. The summed E-state index contributed by atoms with van der Waals surface area (Å²) >= 11 is 0. The molecule has 29 heavy (non-hydrogen) atoms. The number of amides is 2. The van der Waals surface area contributed by atoms with Crippen molar-refractivity contribution in [3.8, 4) is 6.07 Å². The van der Waals surface area contributed by atoms with Gasteiger partial charge in [0, 0.05) is 41.9 Å². The first-order chi connectivity index (χ1) is 13.9. The molecule has 152 valence electrons. The molecule has 2 atom stereocenters. The molecule has 2 amide bonds. The molecule has 1 aliphatic rings. The lowest BCUT2D eigenvalue weighted by atomic mass is 9.85. The number of carbonyl (C=O) groups is 2. The summed E-state index contributed by atoms with van der Waals surface area (Å²) in [7, 11) is 0. The highest BCUT2D eigenvalue weighted by Crippen LogP contribution is 2.28. The third kappa shape index (κ3) is 5.19. The van der Waals surface area contributed by atoms with Gasteiger partial charge in [-0.05, 0) is 45.2 Å². The summed E-state index contributed by atoms with van der Waals surface area (Å²) in [6.45, 7) is 5.48. The smallest absolute Gasteiger partial charge is 0.228 e. The highest BCUT2D eigenvalue weighted by Gasteiger charge is 2.28. The van der Waals surface area contributed by atoms with Gasteiger partial charge in [-0.2, -0.15) is 5.26 Å². The molecule has 2 aromatic heterocycles. The number of nitrogens with zero attached hydrogens (tertiary/aromatic N) is 3. The molecular weight excluding hydrogens is 368 g/mol. The Labute approximate surface area is 170 Å². The first kappa shape index (κ1) is 20.5.